The fourth-order valence-electron chi connectivity index (χ4n) is 4.59. The number of benzene rings is 2. The molecule has 2 N–H and O–H groups in total. The summed E-state index contributed by atoms with van der Waals surface area (Å²) in [7, 11) is 0. The van der Waals surface area contributed by atoms with Gasteiger partial charge < -0.3 is 20.1 Å². The van der Waals surface area contributed by atoms with Gasteiger partial charge in [-0.15, -0.1) is 0 Å². The quantitative estimate of drug-likeness (QED) is 0.425. The number of carbonyl (C=O) groups is 1. The van der Waals surface area contributed by atoms with E-state index >= 15 is 0 Å². The number of hydrogen-bond acceptors (Lipinski definition) is 6. The number of nitrogen functional groups attached to an aromatic ring is 1. The van der Waals surface area contributed by atoms with Crippen molar-refractivity contribution in [2.24, 2.45) is 0 Å². The number of aromatic nitrogens is 3. The van der Waals surface area contributed by atoms with Crippen LogP contribution < -0.4 is 10.5 Å². The highest BCUT2D eigenvalue weighted by Crippen LogP contribution is 2.34. The molecule has 0 radical (unpaired) electrons. The number of para-hydroxylation sites is 1. The second-order valence-corrected chi connectivity index (χ2v) is 8.61. The molecule has 0 saturated carbocycles. The van der Waals surface area contributed by atoms with Crippen molar-refractivity contribution < 1.29 is 14.3 Å². The van der Waals surface area contributed by atoms with Crippen molar-refractivity contribution in [3.05, 3.63) is 72.6 Å². The molecule has 4 aromatic rings. The van der Waals surface area contributed by atoms with Crippen LogP contribution in [0.1, 0.15) is 31.4 Å². The summed E-state index contributed by atoms with van der Waals surface area (Å²) in [5.74, 6) is 2.07. The number of anilines is 1. The summed E-state index contributed by atoms with van der Waals surface area (Å²) >= 11 is 0. The normalized spacial score (nSPS) is 15.9. The van der Waals surface area contributed by atoms with Crippen LogP contribution in [-0.4, -0.2) is 51.9 Å². The highest BCUT2D eigenvalue weighted by Gasteiger charge is 2.29. The summed E-state index contributed by atoms with van der Waals surface area (Å²) < 4.78 is 13.1. The van der Waals surface area contributed by atoms with E-state index in [-0.39, 0.29) is 18.4 Å². The first-order chi connectivity index (χ1) is 17.1. The third-order valence-electron chi connectivity index (χ3n) is 6.30. The summed E-state index contributed by atoms with van der Waals surface area (Å²) in [6.45, 7) is 3.90. The summed E-state index contributed by atoms with van der Waals surface area (Å²) in [6, 6.07) is 19.4. The molecule has 8 heteroatoms. The Morgan fingerprint density at radius 3 is 2.63 bits per heavy atom. The molecule has 1 aliphatic heterocycles. The molecule has 0 bridgehead atoms. The largest absolute Gasteiger partial charge is 0.457 e. The zero-order valence-corrected chi connectivity index (χ0v) is 19.8. The molecule has 5 rings (SSSR count). The number of hydrogen-bond donors (Lipinski definition) is 1. The SMILES string of the molecule is CCOCC(=O)N1CCC[C@@H](c2nn(-c3ccc(Oc4ccccc4)cc3)c3c(N)nccc23)C1. The zero-order chi connectivity index (χ0) is 24.2. The molecule has 0 unspecified atom stereocenters. The van der Waals surface area contributed by atoms with E-state index in [9.17, 15) is 4.79 Å². The number of ether oxygens (including phenoxy) is 2. The lowest BCUT2D eigenvalue weighted by atomic mass is 9.93. The summed E-state index contributed by atoms with van der Waals surface area (Å²) in [6.07, 6.45) is 3.59. The Morgan fingerprint density at radius 1 is 1.09 bits per heavy atom. The van der Waals surface area contributed by atoms with Crippen LogP contribution >= 0.6 is 0 Å². The van der Waals surface area contributed by atoms with E-state index in [0.29, 0.717) is 19.0 Å². The van der Waals surface area contributed by atoms with Crippen LogP contribution in [0.3, 0.4) is 0 Å². The van der Waals surface area contributed by atoms with E-state index < -0.39 is 0 Å². The van der Waals surface area contributed by atoms with Crippen LogP contribution in [0.2, 0.25) is 0 Å². The monoisotopic (exact) mass is 471 g/mol. The summed E-state index contributed by atoms with van der Waals surface area (Å²) in [5, 5.41) is 5.96. The second kappa shape index (κ2) is 10.1. The standard InChI is InChI=1S/C27H29N5O3/c1-2-34-18-24(33)31-16-6-7-19(17-31)25-23-14-15-29-27(28)26(23)32(30-25)20-10-12-22(13-11-20)35-21-8-4-3-5-9-21/h3-5,8-15,19H,2,6-7,16-18H2,1H3,(H2,28,29)/t19-/m1/s1. The van der Waals surface area contributed by atoms with Gasteiger partial charge >= 0.3 is 0 Å². The van der Waals surface area contributed by atoms with Gasteiger partial charge in [-0.05, 0) is 62.2 Å². The molecule has 1 saturated heterocycles. The van der Waals surface area contributed by atoms with Crippen molar-refractivity contribution in [3.8, 4) is 17.2 Å². The number of piperidine rings is 1. The lowest BCUT2D eigenvalue weighted by Crippen LogP contribution is -2.41. The minimum absolute atomic E-state index is 0.0236. The Kier molecular flexibility index (Phi) is 6.63. The Bertz CT molecular complexity index is 1300. The zero-order valence-electron chi connectivity index (χ0n) is 19.8. The van der Waals surface area contributed by atoms with Gasteiger partial charge in [0.1, 0.15) is 29.4 Å². The molecule has 1 amide bonds. The summed E-state index contributed by atoms with van der Waals surface area (Å²) in [4.78, 5) is 18.8. The second-order valence-electron chi connectivity index (χ2n) is 8.61. The fraction of sp³-hybridized carbons (Fsp3) is 0.296. The Morgan fingerprint density at radius 2 is 1.86 bits per heavy atom. The van der Waals surface area contributed by atoms with Crippen LogP contribution in [-0.2, 0) is 9.53 Å². The third kappa shape index (κ3) is 4.83. The van der Waals surface area contributed by atoms with Crippen molar-refractivity contribution in [2.75, 3.05) is 32.0 Å². The smallest absolute Gasteiger partial charge is 0.248 e. The minimum Gasteiger partial charge on any atom is -0.457 e. The minimum atomic E-state index is 0.0236. The average molecular weight is 472 g/mol. The number of pyridine rings is 1. The highest BCUT2D eigenvalue weighted by atomic mass is 16.5. The maximum Gasteiger partial charge on any atom is 0.248 e. The molecule has 2 aromatic carbocycles. The van der Waals surface area contributed by atoms with Gasteiger partial charge in [0.15, 0.2) is 0 Å². The maximum absolute atomic E-state index is 12.6. The van der Waals surface area contributed by atoms with Gasteiger partial charge in [0.25, 0.3) is 0 Å². The van der Waals surface area contributed by atoms with Gasteiger partial charge in [0, 0.05) is 37.2 Å². The predicted molar refractivity (Wildman–Crippen MR) is 135 cm³/mol. The van der Waals surface area contributed by atoms with Crippen molar-refractivity contribution in [2.45, 2.75) is 25.7 Å². The number of rotatable bonds is 7. The third-order valence-corrected chi connectivity index (χ3v) is 6.30. The number of nitrogens with two attached hydrogens (primary N) is 1. The number of likely N-dealkylation sites (tertiary alicyclic amines) is 1. The van der Waals surface area contributed by atoms with Crippen LogP contribution in [0.25, 0.3) is 16.6 Å². The Balaban J connectivity index is 1.45. The molecule has 3 heterocycles. The molecule has 1 aliphatic rings. The van der Waals surface area contributed by atoms with Crippen LogP contribution in [0.4, 0.5) is 5.82 Å². The summed E-state index contributed by atoms with van der Waals surface area (Å²) in [5.41, 5.74) is 8.90. The number of amides is 1. The van der Waals surface area contributed by atoms with Crippen molar-refractivity contribution in [1.29, 1.82) is 0 Å². The molecule has 0 aliphatic carbocycles. The topological polar surface area (TPSA) is 95.5 Å². The molecular weight excluding hydrogens is 442 g/mol. The number of fused-ring (bicyclic) bond motifs is 1. The van der Waals surface area contributed by atoms with Crippen LogP contribution in [0, 0.1) is 0 Å². The van der Waals surface area contributed by atoms with E-state index in [4.69, 9.17) is 20.3 Å². The Labute approximate surface area is 204 Å². The van der Waals surface area contributed by atoms with Gasteiger partial charge in [-0.25, -0.2) is 9.67 Å². The molecular formula is C27H29N5O3. The van der Waals surface area contributed by atoms with Gasteiger partial charge in [0.2, 0.25) is 5.91 Å². The first-order valence-corrected chi connectivity index (χ1v) is 12.0. The van der Waals surface area contributed by atoms with Crippen LogP contribution in [0.15, 0.2) is 66.9 Å². The van der Waals surface area contributed by atoms with E-state index in [2.05, 4.69) is 4.98 Å². The van der Waals surface area contributed by atoms with Crippen molar-refractivity contribution in [1.82, 2.24) is 19.7 Å². The molecule has 180 valence electrons. The van der Waals surface area contributed by atoms with E-state index in [0.717, 1.165) is 53.2 Å². The Hall–Kier alpha value is -3.91. The lowest BCUT2D eigenvalue weighted by molar-refractivity contribution is -0.137. The van der Waals surface area contributed by atoms with E-state index in [1.54, 1.807) is 6.20 Å². The first-order valence-electron chi connectivity index (χ1n) is 12.0. The molecule has 35 heavy (non-hydrogen) atoms. The molecule has 1 fully saturated rings. The maximum atomic E-state index is 12.6. The van der Waals surface area contributed by atoms with Crippen LogP contribution in [0.5, 0.6) is 11.5 Å². The predicted octanol–water partition coefficient (Wildman–Crippen LogP) is 4.54. The lowest BCUT2D eigenvalue weighted by Gasteiger charge is -2.32. The first kappa shape index (κ1) is 22.9. The van der Waals surface area contributed by atoms with E-state index in [1.165, 1.54) is 0 Å². The number of carbonyl (C=O) groups excluding carboxylic acids is 1. The molecule has 2 aromatic heterocycles. The van der Waals surface area contributed by atoms with Gasteiger partial charge in [-0.1, -0.05) is 18.2 Å². The molecule has 8 nitrogen and oxygen atoms in total. The fourth-order valence-corrected chi connectivity index (χ4v) is 4.59. The van der Waals surface area contributed by atoms with E-state index in [1.807, 2.05) is 77.2 Å². The van der Waals surface area contributed by atoms with Gasteiger partial charge in [-0.2, -0.15) is 5.10 Å². The van der Waals surface area contributed by atoms with Gasteiger partial charge in [0.05, 0.1) is 11.4 Å². The highest BCUT2D eigenvalue weighted by molar-refractivity contribution is 5.91. The van der Waals surface area contributed by atoms with Gasteiger partial charge in [-0.3, -0.25) is 4.79 Å². The van der Waals surface area contributed by atoms with Crippen molar-refractivity contribution in [3.63, 3.8) is 0 Å². The average Bonchev–Trinajstić information content (AvgIpc) is 3.29. The molecule has 1 atom stereocenters. The van der Waals surface area contributed by atoms with Crippen molar-refractivity contribution >= 4 is 22.6 Å². The number of nitrogens with zero attached hydrogens (tertiary/aromatic N) is 4. The molecule has 0 spiro atoms.